The zero-order chi connectivity index (χ0) is 17.6. The van der Waals surface area contributed by atoms with Crippen LogP contribution in [0.1, 0.15) is 64.0 Å². The van der Waals surface area contributed by atoms with E-state index in [1.54, 1.807) is 11.1 Å². The van der Waals surface area contributed by atoms with Crippen molar-refractivity contribution in [3.05, 3.63) is 59.7 Å². The van der Waals surface area contributed by atoms with Gasteiger partial charge >= 0.3 is 0 Å². The summed E-state index contributed by atoms with van der Waals surface area (Å²) in [5.74, 6) is 0.783. The summed E-state index contributed by atoms with van der Waals surface area (Å²) in [4.78, 5) is 0. The summed E-state index contributed by atoms with van der Waals surface area (Å²) >= 11 is 0. The van der Waals surface area contributed by atoms with Crippen LogP contribution in [-0.4, -0.2) is 0 Å². The molecule has 0 heteroatoms. The van der Waals surface area contributed by atoms with Crippen molar-refractivity contribution in [2.24, 2.45) is 5.92 Å². The van der Waals surface area contributed by atoms with Gasteiger partial charge in [0.15, 0.2) is 0 Å². The van der Waals surface area contributed by atoms with Gasteiger partial charge in [0.05, 0.1) is 0 Å². The van der Waals surface area contributed by atoms with Crippen LogP contribution in [0.5, 0.6) is 0 Å². The summed E-state index contributed by atoms with van der Waals surface area (Å²) < 4.78 is 0. The maximum atomic E-state index is 2.34. The van der Waals surface area contributed by atoms with E-state index < -0.39 is 0 Å². The van der Waals surface area contributed by atoms with Crippen LogP contribution in [0.25, 0.3) is 21.5 Å². The van der Waals surface area contributed by atoms with Crippen LogP contribution in [0.3, 0.4) is 0 Å². The van der Waals surface area contributed by atoms with Gasteiger partial charge in [0.25, 0.3) is 0 Å². The monoisotopic (exact) mass is 332 g/mol. The number of hydrogen-bond acceptors (Lipinski definition) is 0. The lowest BCUT2D eigenvalue weighted by molar-refractivity contribution is 0.557. The molecule has 3 aromatic carbocycles. The lowest BCUT2D eigenvalue weighted by atomic mass is 9.87. The van der Waals surface area contributed by atoms with Gasteiger partial charge in [-0.1, -0.05) is 88.6 Å². The SMILES string of the molecule is CCCCCc1c2ccccc2c(CCCC(C)C)c2ccccc12. The average Bonchev–Trinajstić information content (AvgIpc) is 2.63. The van der Waals surface area contributed by atoms with Gasteiger partial charge in [0.2, 0.25) is 0 Å². The molecule has 0 unspecified atom stereocenters. The molecule has 0 nitrogen and oxygen atoms in total. The van der Waals surface area contributed by atoms with Crippen LogP contribution in [0.4, 0.5) is 0 Å². The predicted molar refractivity (Wildman–Crippen MR) is 112 cm³/mol. The van der Waals surface area contributed by atoms with Crippen molar-refractivity contribution >= 4 is 21.5 Å². The van der Waals surface area contributed by atoms with E-state index in [9.17, 15) is 0 Å². The molecule has 0 bridgehead atoms. The third kappa shape index (κ3) is 4.06. The van der Waals surface area contributed by atoms with Gasteiger partial charge in [-0.2, -0.15) is 0 Å². The fourth-order valence-corrected chi connectivity index (χ4v) is 4.09. The Bertz CT molecular complexity index is 769. The summed E-state index contributed by atoms with van der Waals surface area (Å²) in [6, 6.07) is 18.2. The lowest BCUT2D eigenvalue weighted by Gasteiger charge is -2.17. The summed E-state index contributed by atoms with van der Waals surface area (Å²) in [7, 11) is 0. The van der Waals surface area contributed by atoms with E-state index in [0.29, 0.717) is 0 Å². The number of rotatable bonds is 8. The van der Waals surface area contributed by atoms with Crippen LogP contribution >= 0.6 is 0 Å². The normalized spacial score (nSPS) is 11.7. The molecule has 0 aliphatic heterocycles. The molecule has 3 aromatic rings. The Morgan fingerprint density at radius 1 is 0.640 bits per heavy atom. The number of fused-ring (bicyclic) bond motifs is 2. The molecule has 0 amide bonds. The second-order valence-corrected chi connectivity index (χ2v) is 7.79. The molecule has 0 N–H and O–H groups in total. The molecule has 0 spiro atoms. The molecule has 0 atom stereocenters. The number of aryl methyl sites for hydroxylation is 2. The summed E-state index contributed by atoms with van der Waals surface area (Å²) in [5, 5.41) is 5.93. The third-order valence-electron chi connectivity index (χ3n) is 5.39. The van der Waals surface area contributed by atoms with Crippen LogP contribution < -0.4 is 0 Å². The zero-order valence-corrected chi connectivity index (χ0v) is 16.1. The highest BCUT2D eigenvalue weighted by molar-refractivity contribution is 6.05. The van der Waals surface area contributed by atoms with Crippen LogP contribution in [0.2, 0.25) is 0 Å². The fourth-order valence-electron chi connectivity index (χ4n) is 4.09. The molecule has 25 heavy (non-hydrogen) atoms. The molecular formula is C25H32. The fraction of sp³-hybridized carbons (Fsp3) is 0.440. The Hall–Kier alpha value is -1.82. The Kier molecular flexibility index (Phi) is 6.13. The Morgan fingerprint density at radius 3 is 1.48 bits per heavy atom. The molecule has 0 aromatic heterocycles. The standard InChI is InChI=1S/C25H32/c1-4-5-6-13-20-21-14-7-9-16-23(21)25(18-11-12-19(2)3)24-17-10-8-15-22(20)24/h7-10,14-17,19H,4-6,11-13,18H2,1-3H3. The van der Waals surface area contributed by atoms with E-state index in [2.05, 4.69) is 69.3 Å². The molecule has 0 saturated carbocycles. The third-order valence-corrected chi connectivity index (χ3v) is 5.39. The Morgan fingerprint density at radius 2 is 1.08 bits per heavy atom. The first-order valence-corrected chi connectivity index (χ1v) is 10.1. The van der Waals surface area contributed by atoms with Crippen LogP contribution in [0, 0.1) is 5.92 Å². The second kappa shape index (κ2) is 8.52. The maximum Gasteiger partial charge on any atom is -0.0143 e. The van der Waals surface area contributed by atoms with Gasteiger partial charge in [-0.15, -0.1) is 0 Å². The highest BCUT2D eigenvalue weighted by Gasteiger charge is 2.13. The van der Waals surface area contributed by atoms with Crippen molar-refractivity contribution in [3.8, 4) is 0 Å². The van der Waals surface area contributed by atoms with Gasteiger partial charge in [-0.25, -0.2) is 0 Å². The first kappa shape index (κ1) is 18.0. The summed E-state index contributed by atoms with van der Waals surface area (Å²) in [5.41, 5.74) is 3.12. The van der Waals surface area contributed by atoms with Gasteiger partial charge in [-0.05, 0) is 64.3 Å². The largest absolute Gasteiger partial charge is 0.0654 e. The highest BCUT2D eigenvalue weighted by Crippen LogP contribution is 2.35. The molecule has 0 fully saturated rings. The maximum absolute atomic E-state index is 2.34. The van der Waals surface area contributed by atoms with Crippen LogP contribution in [-0.2, 0) is 12.8 Å². The van der Waals surface area contributed by atoms with Gasteiger partial charge in [-0.3, -0.25) is 0 Å². The smallest absolute Gasteiger partial charge is 0.0143 e. The van der Waals surface area contributed by atoms with Crippen molar-refractivity contribution in [3.63, 3.8) is 0 Å². The quantitative estimate of drug-likeness (QED) is 0.293. The molecule has 0 heterocycles. The molecule has 3 rings (SSSR count). The van der Waals surface area contributed by atoms with Crippen LogP contribution in [0.15, 0.2) is 48.5 Å². The number of unbranched alkanes of at least 4 members (excludes halogenated alkanes) is 2. The highest BCUT2D eigenvalue weighted by atomic mass is 14.2. The first-order chi connectivity index (χ1) is 12.2. The molecular weight excluding hydrogens is 300 g/mol. The van der Waals surface area contributed by atoms with E-state index in [0.717, 1.165) is 5.92 Å². The molecule has 0 aliphatic rings. The van der Waals surface area contributed by atoms with E-state index >= 15 is 0 Å². The Labute approximate surface area is 153 Å². The zero-order valence-electron chi connectivity index (χ0n) is 16.1. The van der Waals surface area contributed by atoms with Crippen molar-refractivity contribution < 1.29 is 0 Å². The molecule has 0 saturated heterocycles. The van der Waals surface area contributed by atoms with Gasteiger partial charge in [0.1, 0.15) is 0 Å². The molecule has 132 valence electrons. The predicted octanol–water partition coefficient (Wildman–Crippen LogP) is 7.70. The van der Waals surface area contributed by atoms with Gasteiger partial charge in [0, 0.05) is 0 Å². The van der Waals surface area contributed by atoms with E-state index in [4.69, 9.17) is 0 Å². The second-order valence-electron chi connectivity index (χ2n) is 7.79. The average molecular weight is 333 g/mol. The lowest BCUT2D eigenvalue weighted by Crippen LogP contribution is -1.98. The minimum atomic E-state index is 0.783. The topological polar surface area (TPSA) is 0 Å². The van der Waals surface area contributed by atoms with Crippen molar-refractivity contribution in [2.75, 3.05) is 0 Å². The minimum Gasteiger partial charge on any atom is -0.0654 e. The van der Waals surface area contributed by atoms with Crippen molar-refractivity contribution in [1.29, 1.82) is 0 Å². The summed E-state index contributed by atoms with van der Waals surface area (Å²) in [6.45, 7) is 6.94. The minimum absolute atomic E-state index is 0.783. The van der Waals surface area contributed by atoms with Gasteiger partial charge < -0.3 is 0 Å². The first-order valence-electron chi connectivity index (χ1n) is 10.1. The van der Waals surface area contributed by atoms with E-state index in [-0.39, 0.29) is 0 Å². The van der Waals surface area contributed by atoms with Crippen molar-refractivity contribution in [1.82, 2.24) is 0 Å². The van der Waals surface area contributed by atoms with E-state index in [1.807, 2.05) is 0 Å². The molecule has 0 aliphatic carbocycles. The van der Waals surface area contributed by atoms with E-state index in [1.165, 1.54) is 66.5 Å². The molecule has 0 radical (unpaired) electrons. The Balaban J connectivity index is 2.12. The number of hydrogen-bond donors (Lipinski definition) is 0. The van der Waals surface area contributed by atoms with Crippen molar-refractivity contribution in [2.45, 2.75) is 65.7 Å². The number of benzene rings is 3. The summed E-state index contributed by atoms with van der Waals surface area (Å²) in [6.07, 6.45) is 8.86.